The van der Waals surface area contributed by atoms with Crippen LogP contribution in [0.4, 0.5) is 0 Å². The number of halogens is 1. The molecular weight excluding hydrogens is 156 g/mol. The fourth-order valence-electron chi connectivity index (χ4n) is 0.677. The lowest BCUT2D eigenvalue weighted by Crippen LogP contribution is -1.75. The molecular formula is C8H9ClMg. The van der Waals surface area contributed by atoms with Crippen molar-refractivity contribution in [2.24, 2.45) is 0 Å². The second kappa shape index (κ2) is 5.00. The highest BCUT2D eigenvalue weighted by Gasteiger charge is 1.86. The lowest BCUT2D eigenvalue weighted by Gasteiger charge is -1.93. The molecule has 0 spiro atoms. The summed E-state index contributed by atoms with van der Waals surface area (Å²) in [6.45, 7) is 2.07. The Hall–Kier alpha value is 0.276. The molecule has 1 aromatic carbocycles. The Morgan fingerprint density at radius 2 is 1.70 bits per heavy atom. The van der Waals surface area contributed by atoms with Gasteiger partial charge in [0.1, 0.15) is 0 Å². The van der Waals surface area contributed by atoms with E-state index in [0.717, 1.165) is 0 Å². The van der Waals surface area contributed by atoms with Crippen LogP contribution in [0.25, 0.3) is 0 Å². The molecule has 2 heteroatoms. The molecule has 50 valence electrons. The minimum Gasteiger partial charge on any atom is -0.122 e. The molecule has 0 atom stereocenters. The summed E-state index contributed by atoms with van der Waals surface area (Å²) in [6, 6.07) is 8.22. The number of alkyl halides is 1. The highest BCUT2D eigenvalue weighted by molar-refractivity contribution is 6.17. The van der Waals surface area contributed by atoms with Crippen molar-refractivity contribution < 1.29 is 0 Å². The number of hydrogen-bond acceptors (Lipinski definition) is 0. The summed E-state index contributed by atoms with van der Waals surface area (Å²) in [5, 5.41) is 0. The van der Waals surface area contributed by atoms with Crippen LogP contribution in [-0.4, -0.2) is 23.1 Å². The van der Waals surface area contributed by atoms with Crippen LogP contribution in [0.15, 0.2) is 24.3 Å². The van der Waals surface area contributed by atoms with Gasteiger partial charge in [-0.05, 0) is 12.5 Å². The molecule has 1 rings (SSSR count). The molecule has 0 heterocycles. The minimum absolute atomic E-state index is 0. The van der Waals surface area contributed by atoms with Gasteiger partial charge in [0.2, 0.25) is 0 Å². The van der Waals surface area contributed by atoms with Gasteiger partial charge in [-0.1, -0.05) is 29.8 Å². The fourth-order valence-corrected chi connectivity index (χ4v) is 0.855. The zero-order chi connectivity index (χ0) is 6.69. The molecule has 0 bridgehead atoms. The topological polar surface area (TPSA) is 0 Å². The first-order valence-electron chi connectivity index (χ1n) is 2.94. The molecule has 0 amide bonds. The van der Waals surface area contributed by atoms with Gasteiger partial charge in [0, 0.05) is 28.9 Å². The van der Waals surface area contributed by atoms with E-state index >= 15 is 0 Å². The van der Waals surface area contributed by atoms with Gasteiger partial charge in [-0.15, -0.1) is 11.6 Å². The summed E-state index contributed by atoms with van der Waals surface area (Å²) in [4.78, 5) is 0. The molecule has 0 aromatic heterocycles. The van der Waals surface area contributed by atoms with Crippen molar-refractivity contribution in [2.45, 2.75) is 12.8 Å². The van der Waals surface area contributed by atoms with Gasteiger partial charge in [-0.3, -0.25) is 0 Å². The number of benzene rings is 1. The third kappa shape index (κ3) is 2.91. The lowest BCUT2D eigenvalue weighted by atomic mass is 10.2. The van der Waals surface area contributed by atoms with Gasteiger partial charge >= 0.3 is 0 Å². The van der Waals surface area contributed by atoms with Gasteiger partial charge in [-0.25, -0.2) is 0 Å². The minimum atomic E-state index is 0. The standard InChI is InChI=1S/C8H9Cl.Mg/c1-7-2-4-8(6-9)5-3-7;/h2-5H,6H2,1H3;. The molecule has 0 fully saturated rings. The van der Waals surface area contributed by atoms with Crippen molar-refractivity contribution in [1.29, 1.82) is 0 Å². The lowest BCUT2D eigenvalue weighted by molar-refractivity contribution is 1.36. The second-order valence-corrected chi connectivity index (χ2v) is 2.39. The monoisotopic (exact) mass is 164 g/mol. The van der Waals surface area contributed by atoms with Crippen molar-refractivity contribution in [2.75, 3.05) is 0 Å². The van der Waals surface area contributed by atoms with Gasteiger partial charge in [-0.2, -0.15) is 0 Å². The zero-order valence-electron chi connectivity index (χ0n) is 6.10. The summed E-state index contributed by atoms with van der Waals surface area (Å²) in [6.07, 6.45) is 0. The second-order valence-electron chi connectivity index (χ2n) is 2.12. The Morgan fingerprint density at radius 1 is 1.20 bits per heavy atom. The molecule has 0 N–H and O–H groups in total. The number of aryl methyl sites for hydroxylation is 1. The third-order valence-corrected chi connectivity index (χ3v) is 1.58. The van der Waals surface area contributed by atoms with Crippen LogP contribution in [0.2, 0.25) is 0 Å². The summed E-state index contributed by atoms with van der Waals surface area (Å²) >= 11 is 5.58. The van der Waals surface area contributed by atoms with Crippen LogP contribution >= 0.6 is 11.6 Å². The van der Waals surface area contributed by atoms with E-state index in [2.05, 4.69) is 19.1 Å². The van der Waals surface area contributed by atoms with E-state index in [1.807, 2.05) is 12.1 Å². The first-order chi connectivity index (χ1) is 4.33. The Balaban J connectivity index is 0.000000810. The third-order valence-electron chi connectivity index (χ3n) is 1.27. The maximum atomic E-state index is 5.58. The average Bonchev–Trinajstić information content (AvgIpc) is 1.90. The van der Waals surface area contributed by atoms with E-state index < -0.39 is 0 Å². The Labute approximate surface area is 82.7 Å². The van der Waals surface area contributed by atoms with Gasteiger partial charge in [0.25, 0.3) is 0 Å². The van der Waals surface area contributed by atoms with Crippen molar-refractivity contribution in [1.82, 2.24) is 0 Å². The van der Waals surface area contributed by atoms with Crippen LogP contribution in [0.1, 0.15) is 11.1 Å². The number of rotatable bonds is 1. The van der Waals surface area contributed by atoms with Gasteiger partial charge in [0.05, 0.1) is 0 Å². The van der Waals surface area contributed by atoms with Crippen LogP contribution in [-0.2, 0) is 5.88 Å². The van der Waals surface area contributed by atoms with E-state index in [-0.39, 0.29) is 23.1 Å². The van der Waals surface area contributed by atoms with Crippen LogP contribution < -0.4 is 0 Å². The van der Waals surface area contributed by atoms with E-state index in [0.29, 0.717) is 5.88 Å². The molecule has 0 aliphatic heterocycles. The van der Waals surface area contributed by atoms with E-state index in [4.69, 9.17) is 11.6 Å². The quantitative estimate of drug-likeness (QED) is 0.442. The highest BCUT2D eigenvalue weighted by atomic mass is 35.5. The maximum absolute atomic E-state index is 5.58. The zero-order valence-corrected chi connectivity index (χ0v) is 8.27. The first kappa shape index (κ1) is 10.3. The SMILES string of the molecule is Cc1ccc(CCl)cc1.[Mg]. The average molecular weight is 165 g/mol. The Kier molecular flexibility index (Phi) is 5.14. The van der Waals surface area contributed by atoms with Gasteiger partial charge in [0.15, 0.2) is 0 Å². The molecule has 0 saturated heterocycles. The molecule has 0 aliphatic rings. The summed E-state index contributed by atoms with van der Waals surface area (Å²) in [7, 11) is 0. The molecule has 1 aromatic rings. The largest absolute Gasteiger partial charge is 0.122 e. The van der Waals surface area contributed by atoms with Crippen LogP contribution in [0, 0.1) is 6.92 Å². The first-order valence-corrected chi connectivity index (χ1v) is 3.48. The predicted molar refractivity (Wildman–Crippen MR) is 46.5 cm³/mol. The van der Waals surface area contributed by atoms with Crippen molar-refractivity contribution in [3.63, 3.8) is 0 Å². The molecule has 0 aliphatic carbocycles. The van der Waals surface area contributed by atoms with Crippen LogP contribution in [0.5, 0.6) is 0 Å². The normalized spacial score (nSPS) is 8.60. The smallest absolute Gasteiger partial charge is 0.0474 e. The molecule has 10 heavy (non-hydrogen) atoms. The van der Waals surface area contributed by atoms with E-state index in [1.54, 1.807) is 0 Å². The number of hydrogen-bond donors (Lipinski definition) is 0. The Bertz CT molecular complexity index is 181. The molecule has 0 unspecified atom stereocenters. The van der Waals surface area contributed by atoms with Crippen molar-refractivity contribution >= 4 is 34.7 Å². The van der Waals surface area contributed by atoms with E-state index in [1.165, 1.54) is 11.1 Å². The maximum Gasteiger partial charge on any atom is 0.0474 e. The van der Waals surface area contributed by atoms with Crippen molar-refractivity contribution in [3.05, 3.63) is 35.4 Å². The van der Waals surface area contributed by atoms with Crippen molar-refractivity contribution in [3.8, 4) is 0 Å². The predicted octanol–water partition coefficient (Wildman–Crippen LogP) is 2.35. The molecule has 0 saturated carbocycles. The molecule has 0 nitrogen and oxygen atoms in total. The molecule has 2 radical (unpaired) electrons. The van der Waals surface area contributed by atoms with E-state index in [9.17, 15) is 0 Å². The van der Waals surface area contributed by atoms with Crippen LogP contribution in [0.3, 0.4) is 0 Å². The summed E-state index contributed by atoms with van der Waals surface area (Å²) in [5.74, 6) is 0.611. The summed E-state index contributed by atoms with van der Waals surface area (Å²) < 4.78 is 0. The Morgan fingerprint density at radius 3 is 2.10 bits per heavy atom. The highest BCUT2D eigenvalue weighted by Crippen LogP contribution is 2.04. The fraction of sp³-hybridized carbons (Fsp3) is 0.250. The summed E-state index contributed by atoms with van der Waals surface area (Å²) in [5.41, 5.74) is 2.46. The van der Waals surface area contributed by atoms with Gasteiger partial charge < -0.3 is 0 Å².